The molecular formula is C11H25N. The molecule has 0 amide bonds. The van der Waals surface area contributed by atoms with Crippen LogP contribution in [0.15, 0.2) is 0 Å². The van der Waals surface area contributed by atoms with Gasteiger partial charge in [-0.15, -0.1) is 0 Å². The van der Waals surface area contributed by atoms with E-state index in [9.17, 15) is 0 Å². The van der Waals surface area contributed by atoms with E-state index in [4.69, 9.17) is 0 Å². The molecule has 1 heteroatoms. The maximum atomic E-state index is 3.54. The molecule has 0 radical (unpaired) electrons. The SMILES string of the molecule is CCCNC(C)C(C)C(C)(C)C. The first-order chi connectivity index (χ1) is 5.39. The largest absolute Gasteiger partial charge is 0.314 e. The normalized spacial score (nSPS) is 17.5. The Morgan fingerprint density at radius 2 is 1.67 bits per heavy atom. The van der Waals surface area contributed by atoms with Gasteiger partial charge in [0.2, 0.25) is 0 Å². The van der Waals surface area contributed by atoms with Crippen molar-refractivity contribution in [2.75, 3.05) is 6.54 Å². The Morgan fingerprint density at radius 1 is 1.17 bits per heavy atom. The molecule has 0 rings (SSSR count). The quantitative estimate of drug-likeness (QED) is 0.685. The van der Waals surface area contributed by atoms with Crippen LogP contribution in [0.25, 0.3) is 0 Å². The summed E-state index contributed by atoms with van der Waals surface area (Å²) in [6, 6.07) is 0.630. The Bertz CT molecular complexity index is 113. The molecule has 74 valence electrons. The maximum absolute atomic E-state index is 3.54. The molecule has 1 nitrogen and oxygen atoms in total. The number of hydrogen-bond donors (Lipinski definition) is 1. The minimum Gasteiger partial charge on any atom is -0.314 e. The molecule has 0 aromatic heterocycles. The van der Waals surface area contributed by atoms with Crippen LogP contribution in [-0.4, -0.2) is 12.6 Å². The van der Waals surface area contributed by atoms with Gasteiger partial charge in [-0.05, 0) is 31.2 Å². The van der Waals surface area contributed by atoms with Gasteiger partial charge in [0.15, 0.2) is 0 Å². The van der Waals surface area contributed by atoms with E-state index in [1.165, 1.54) is 6.42 Å². The van der Waals surface area contributed by atoms with E-state index < -0.39 is 0 Å². The van der Waals surface area contributed by atoms with Gasteiger partial charge in [-0.2, -0.15) is 0 Å². The van der Waals surface area contributed by atoms with Gasteiger partial charge < -0.3 is 5.32 Å². The molecule has 0 aromatic rings. The third kappa shape index (κ3) is 4.10. The molecule has 2 atom stereocenters. The van der Waals surface area contributed by atoms with Gasteiger partial charge in [0.25, 0.3) is 0 Å². The molecule has 1 N–H and O–H groups in total. The van der Waals surface area contributed by atoms with Crippen LogP contribution in [0.4, 0.5) is 0 Å². The molecule has 0 bridgehead atoms. The monoisotopic (exact) mass is 171 g/mol. The van der Waals surface area contributed by atoms with Crippen LogP contribution in [-0.2, 0) is 0 Å². The second kappa shape index (κ2) is 4.86. The zero-order valence-electron chi connectivity index (χ0n) is 9.57. The number of hydrogen-bond acceptors (Lipinski definition) is 1. The van der Waals surface area contributed by atoms with Gasteiger partial charge in [-0.25, -0.2) is 0 Å². The third-order valence-corrected chi connectivity index (χ3v) is 2.83. The highest BCUT2D eigenvalue weighted by Gasteiger charge is 2.24. The first-order valence-corrected chi connectivity index (χ1v) is 5.13. The predicted octanol–water partition coefficient (Wildman–Crippen LogP) is 3.06. The van der Waals surface area contributed by atoms with Crippen LogP contribution in [0.2, 0.25) is 0 Å². The van der Waals surface area contributed by atoms with Crippen molar-refractivity contribution in [3.8, 4) is 0 Å². The molecule has 0 fully saturated rings. The minimum absolute atomic E-state index is 0.417. The van der Waals surface area contributed by atoms with Crippen molar-refractivity contribution in [3.63, 3.8) is 0 Å². The Kier molecular flexibility index (Phi) is 4.84. The van der Waals surface area contributed by atoms with Crippen molar-refractivity contribution in [2.45, 2.75) is 54.0 Å². The van der Waals surface area contributed by atoms with Crippen molar-refractivity contribution in [2.24, 2.45) is 11.3 Å². The van der Waals surface area contributed by atoms with Gasteiger partial charge in [0.05, 0.1) is 0 Å². The maximum Gasteiger partial charge on any atom is 0.00693 e. The second-order valence-electron chi connectivity index (χ2n) is 4.90. The van der Waals surface area contributed by atoms with E-state index >= 15 is 0 Å². The van der Waals surface area contributed by atoms with Crippen LogP contribution in [0.5, 0.6) is 0 Å². The fraction of sp³-hybridized carbons (Fsp3) is 1.00. The van der Waals surface area contributed by atoms with Crippen molar-refractivity contribution in [1.82, 2.24) is 5.32 Å². The highest BCUT2D eigenvalue weighted by Crippen LogP contribution is 2.27. The highest BCUT2D eigenvalue weighted by molar-refractivity contribution is 4.78. The van der Waals surface area contributed by atoms with Gasteiger partial charge in [-0.3, -0.25) is 0 Å². The Balaban J connectivity index is 3.84. The van der Waals surface area contributed by atoms with Crippen LogP contribution in [0.3, 0.4) is 0 Å². The molecule has 0 heterocycles. The molecule has 0 aliphatic rings. The average Bonchev–Trinajstić information content (AvgIpc) is 1.97. The summed E-state index contributed by atoms with van der Waals surface area (Å²) in [5.41, 5.74) is 0.417. The summed E-state index contributed by atoms with van der Waals surface area (Å²) >= 11 is 0. The number of nitrogens with one attached hydrogen (secondary N) is 1. The first-order valence-electron chi connectivity index (χ1n) is 5.13. The third-order valence-electron chi connectivity index (χ3n) is 2.83. The van der Waals surface area contributed by atoms with Crippen LogP contribution >= 0.6 is 0 Å². The molecule has 0 saturated heterocycles. The lowest BCUT2D eigenvalue weighted by atomic mass is 9.78. The highest BCUT2D eigenvalue weighted by atomic mass is 14.9. The van der Waals surface area contributed by atoms with Crippen molar-refractivity contribution >= 4 is 0 Å². The summed E-state index contributed by atoms with van der Waals surface area (Å²) in [7, 11) is 0. The lowest BCUT2D eigenvalue weighted by Crippen LogP contribution is -2.38. The second-order valence-corrected chi connectivity index (χ2v) is 4.90. The van der Waals surface area contributed by atoms with E-state index in [1.807, 2.05) is 0 Å². The van der Waals surface area contributed by atoms with Gasteiger partial charge >= 0.3 is 0 Å². The summed E-state index contributed by atoms with van der Waals surface area (Å²) in [5, 5.41) is 3.54. The van der Waals surface area contributed by atoms with E-state index in [0.717, 1.165) is 12.5 Å². The molecule has 2 unspecified atom stereocenters. The summed E-state index contributed by atoms with van der Waals surface area (Å²) < 4.78 is 0. The van der Waals surface area contributed by atoms with Gasteiger partial charge in [0, 0.05) is 6.04 Å². The van der Waals surface area contributed by atoms with Crippen molar-refractivity contribution < 1.29 is 0 Å². The van der Waals surface area contributed by atoms with Gasteiger partial charge in [0.1, 0.15) is 0 Å². The molecule has 0 spiro atoms. The Hall–Kier alpha value is -0.0400. The van der Waals surface area contributed by atoms with E-state index in [2.05, 4.69) is 46.9 Å². The first kappa shape index (κ1) is 12.0. The molecule has 0 aromatic carbocycles. The van der Waals surface area contributed by atoms with Crippen molar-refractivity contribution in [3.05, 3.63) is 0 Å². The zero-order chi connectivity index (χ0) is 9.78. The Labute approximate surface area is 77.9 Å². The average molecular weight is 171 g/mol. The fourth-order valence-corrected chi connectivity index (χ4v) is 1.30. The lowest BCUT2D eigenvalue weighted by molar-refractivity contribution is 0.206. The van der Waals surface area contributed by atoms with Crippen LogP contribution < -0.4 is 5.32 Å². The topological polar surface area (TPSA) is 12.0 Å². The summed E-state index contributed by atoms with van der Waals surface area (Å²) in [5.74, 6) is 0.726. The standard InChI is InChI=1S/C11H25N/c1-7-8-12-10(3)9(2)11(4,5)6/h9-10,12H,7-8H2,1-6H3. The van der Waals surface area contributed by atoms with Crippen molar-refractivity contribution in [1.29, 1.82) is 0 Å². The molecule has 0 saturated carbocycles. The van der Waals surface area contributed by atoms with E-state index in [1.54, 1.807) is 0 Å². The summed E-state index contributed by atoms with van der Waals surface area (Å²) in [6.07, 6.45) is 1.22. The fourth-order valence-electron chi connectivity index (χ4n) is 1.30. The van der Waals surface area contributed by atoms with E-state index in [-0.39, 0.29) is 0 Å². The van der Waals surface area contributed by atoms with E-state index in [0.29, 0.717) is 11.5 Å². The lowest BCUT2D eigenvalue weighted by Gasteiger charge is -2.33. The Morgan fingerprint density at radius 3 is 2.00 bits per heavy atom. The molecule has 0 aliphatic heterocycles. The molecule has 12 heavy (non-hydrogen) atoms. The van der Waals surface area contributed by atoms with Gasteiger partial charge in [-0.1, -0.05) is 34.6 Å². The molecule has 0 aliphatic carbocycles. The predicted molar refractivity (Wildman–Crippen MR) is 56.4 cm³/mol. The van der Waals surface area contributed by atoms with Crippen LogP contribution in [0, 0.1) is 11.3 Å². The molecular weight excluding hydrogens is 146 g/mol. The summed E-state index contributed by atoms with van der Waals surface area (Å²) in [6.45, 7) is 14.9. The number of rotatable bonds is 4. The smallest absolute Gasteiger partial charge is 0.00693 e. The minimum atomic E-state index is 0.417. The summed E-state index contributed by atoms with van der Waals surface area (Å²) in [4.78, 5) is 0. The van der Waals surface area contributed by atoms with Crippen LogP contribution in [0.1, 0.15) is 48.0 Å². The zero-order valence-corrected chi connectivity index (χ0v) is 9.57.